The fraction of sp³-hybridized carbons (Fsp3) is 0.769. The second-order valence-corrected chi connectivity index (χ2v) is 4.51. The topological polar surface area (TPSA) is 69.3 Å². The van der Waals surface area contributed by atoms with Crippen LogP contribution in [0.2, 0.25) is 0 Å². The van der Waals surface area contributed by atoms with E-state index in [-0.39, 0.29) is 27.1 Å². The molecule has 0 fully saturated rings. The van der Waals surface area contributed by atoms with Crippen molar-refractivity contribution in [3.63, 3.8) is 0 Å². The van der Waals surface area contributed by atoms with Gasteiger partial charge in [0.25, 0.3) is 0 Å². The Balaban J connectivity index is -0.0000000956. The van der Waals surface area contributed by atoms with Crippen molar-refractivity contribution in [2.75, 3.05) is 42.3 Å². The molecule has 0 aliphatic carbocycles. The standard InChI is InChI=1S/C7H11N2.3C2H6N.Ti/c1-7(2,3)6-4-5-8-9-6;3*1-3-2;/h4-5H,1-3H3;3*1-2H3;/q4*-1;+4. The fourth-order valence-corrected chi connectivity index (χ4v) is 0.633. The van der Waals surface area contributed by atoms with Crippen LogP contribution in [0.5, 0.6) is 0 Å². The Bertz CT molecular complexity index is 215. The molecule has 0 saturated heterocycles. The van der Waals surface area contributed by atoms with Crippen LogP contribution in [0.25, 0.3) is 16.0 Å². The fourth-order valence-electron chi connectivity index (χ4n) is 0.633. The number of nitrogens with zero attached hydrogens (tertiary/aromatic N) is 5. The molecule has 1 aromatic heterocycles. The van der Waals surface area contributed by atoms with Crippen molar-refractivity contribution in [2.45, 2.75) is 26.2 Å². The van der Waals surface area contributed by atoms with Gasteiger partial charge in [-0.1, -0.05) is 26.8 Å². The molecule has 0 atom stereocenters. The molecule has 19 heavy (non-hydrogen) atoms. The van der Waals surface area contributed by atoms with Gasteiger partial charge in [0.15, 0.2) is 0 Å². The Kier molecular flexibility index (Phi) is 28.8. The minimum Gasteiger partial charge on any atom is -0.668 e. The summed E-state index contributed by atoms with van der Waals surface area (Å²) in [5, 5.41) is 18.2. The summed E-state index contributed by atoms with van der Waals surface area (Å²) in [5.41, 5.74) is 1.21. The Morgan fingerprint density at radius 2 is 1.21 bits per heavy atom. The molecule has 0 radical (unpaired) electrons. The van der Waals surface area contributed by atoms with Crippen LogP contribution in [0.3, 0.4) is 0 Å². The third kappa shape index (κ3) is 27.1. The third-order valence-electron chi connectivity index (χ3n) is 1.23. The van der Waals surface area contributed by atoms with Crippen LogP contribution >= 0.6 is 0 Å². The van der Waals surface area contributed by atoms with E-state index >= 15 is 0 Å². The second-order valence-electron chi connectivity index (χ2n) is 4.51. The zero-order valence-corrected chi connectivity index (χ0v) is 15.5. The third-order valence-corrected chi connectivity index (χ3v) is 1.23. The molecule has 110 valence electrons. The molecule has 1 heterocycles. The van der Waals surface area contributed by atoms with Gasteiger partial charge in [0.2, 0.25) is 0 Å². The van der Waals surface area contributed by atoms with E-state index in [1.165, 1.54) is 0 Å². The summed E-state index contributed by atoms with van der Waals surface area (Å²) in [7, 11) is 10.5. The predicted molar refractivity (Wildman–Crippen MR) is 81.9 cm³/mol. The first-order valence-corrected chi connectivity index (χ1v) is 5.74. The molecule has 6 heteroatoms. The second kappa shape index (κ2) is 20.1. The molecular weight excluding hydrogens is 274 g/mol. The van der Waals surface area contributed by atoms with Crippen molar-refractivity contribution >= 4 is 0 Å². The summed E-state index contributed by atoms with van der Waals surface area (Å²) in [6.45, 7) is 6.37. The van der Waals surface area contributed by atoms with Crippen molar-refractivity contribution in [1.82, 2.24) is 10.2 Å². The maximum Gasteiger partial charge on any atom is 4.00 e. The van der Waals surface area contributed by atoms with Gasteiger partial charge in [-0.2, -0.15) is 48.5 Å². The largest absolute Gasteiger partial charge is 4.00 e. The predicted octanol–water partition coefficient (Wildman–Crippen LogP) is 3.19. The summed E-state index contributed by atoms with van der Waals surface area (Å²) in [6, 6.07) is 1.94. The van der Waals surface area contributed by atoms with E-state index in [0.29, 0.717) is 0 Å². The van der Waals surface area contributed by atoms with E-state index in [0.717, 1.165) is 5.69 Å². The number of rotatable bonds is 0. The van der Waals surface area contributed by atoms with E-state index in [9.17, 15) is 0 Å². The molecule has 0 aliphatic rings. The van der Waals surface area contributed by atoms with Crippen molar-refractivity contribution in [2.24, 2.45) is 0 Å². The van der Waals surface area contributed by atoms with Gasteiger partial charge >= 0.3 is 21.7 Å². The van der Waals surface area contributed by atoms with Gasteiger partial charge in [-0.25, -0.2) is 0 Å². The van der Waals surface area contributed by atoms with Gasteiger partial charge in [-0.3, -0.25) is 0 Å². The summed E-state index contributed by atoms with van der Waals surface area (Å²) in [5.74, 6) is 0. The molecule has 5 nitrogen and oxygen atoms in total. The zero-order chi connectivity index (χ0) is 15.0. The van der Waals surface area contributed by atoms with E-state index in [1.54, 1.807) is 48.5 Å². The summed E-state index contributed by atoms with van der Waals surface area (Å²) in [4.78, 5) is 0. The maximum atomic E-state index is 3.94. The van der Waals surface area contributed by atoms with Gasteiger partial charge in [0.05, 0.1) is 0 Å². The first kappa shape index (κ1) is 27.2. The first-order valence-electron chi connectivity index (χ1n) is 5.74. The monoisotopic (exact) mass is 303 g/mol. The number of hydrogen-bond acceptors (Lipinski definition) is 1. The summed E-state index contributed by atoms with van der Waals surface area (Å²) >= 11 is 0. The molecule has 0 spiro atoms. The van der Waals surface area contributed by atoms with E-state index in [1.807, 2.05) is 6.07 Å². The average Bonchev–Trinajstić information content (AvgIpc) is 2.72. The van der Waals surface area contributed by atoms with E-state index < -0.39 is 0 Å². The van der Waals surface area contributed by atoms with Gasteiger partial charge in [0, 0.05) is 11.1 Å². The molecule has 0 bridgehead atoms. The van der Waals surface area contributed by atoms with E-state index in [4.69, 9.17) is 0 Å². The minimum absolute atomic E-state index is 0. The van der Waals surface area contributed by atoms with Crippen LogP contribution in [-0.4, -0.2) is 47.4 Å². The maximum absolute atomic E-state index is 3.94. The SMILES string of the molecule is CC(C)(C)c1cc[n-]n1.C[N-]C.C[N-]C.C[N-]C.[Ti+4]. The van der Waals surface area contributed by atoms with Crippen LogP contribution in [0, 0.1) is 0 Å². The smallest absolute Gasteiger partial charge is 0.668 e. The first-order chi connectivity index (χ1) is 8.35. The quantitative estimate of drug-likeness (QED) is 0.691. The van der Waals surface area contributed by atoms with Crippen molar-refractivity contribution < 1.29 is 21.7 Å². The van der Waals surface area contributed by atoms with Crippen molar-refractivity contribution in [3.8, 4) is 0 Å². The molecule has 1 rings (SSSR count). The minimum atomic E-state index is 0. The molecule has 0 unspecified atom stereocenters. The molecule has 0 saturated carbocycles. The molecule has 0 amide bonds. The molecule has 0 aliphatic heterocycles. The van der Waals surface area contributed by atoms with E-state index in [2.05, 4.69) is 46.9 Å². The van der Waals surface area contributed by atoms with Crippen LogP contribution in [0.1, 0.15) is 26.5 Å². The van der Waals surface area contributed by atoms with Crippen LogP contribution in [0.15, 0.2) is 12.3 Å². The summed E-state index contributed by atoms with van der Waals surface area (Å²) in [6.07, 6.45) is 1.72. The van der Waals surface area contributed by atoms with Crippen molar-refractivity contribution in [1.29, 1.82) is 0 Å². The van der Waals surface area contributed by atoms with Gasteiger partial charge in [-0.15, -0.1) is 0 Å². The Morgan fingerprint density at radius 3 is 1.32 bits per heavy atom. The molecular formula is C13H29N5Ti. The average molecular weight is 303 g/mol. The number of hydrogen-bond donors (Lipinski definition) is 0. The van der Waals surface area contributed by atoms with Gasteiger partial charge in [0.1, 0.15) is 0 Å². The summed E-state index contributed by atoms with van der Waals surface area (Å²) < 4.78 is 0. The zero-order valence-electron chi connectivity index (χ0n) is 13.9. The van der Waals surface area contributed by atoms with Crippen molar-refractivity contribution in [3.05, 3.63) is 33.9 Å². The van der Waals surface area contributed by atoms with Gasteiger partial charge < -0.3 is 26.1 Å². The number of aromatic nitrogens is 2. The Morgan fingerprint density at radius 1 is 0.895 bits per heavy atom. The Labute approximate surface area is 134 Å². The molecule has 1 aromatic rings. The van der Waals surface area contributed by atoms with Gasteiger partial charge in [-0.05, 0) is 0 Å². The molecule has 0 aromatic carbocycles. The van der Waals surface area contributed by atoms with Crippen LogP contribution in [-0.2, 0) is 27.1 Å². The van der Waals surface area contributed by atoms with Crippen LogP contribution < -0.4 is 5.10 Å². The van der Waals surface area contributed by atoms with Crippen LogP contribution in [0.4, 0.5) is 0 Å². The molecule has 0 N–H and O–H groups in total. The normalized spacial score (nSPS) is 8.47. The Hall–Kier alpha value is -0.196.